The van der Waals surface area contributed by atoms with Gasteiger partial charge in [-0.1, -0.05) is 77.6 Å². The number of hydrogen-bond donors (Lipinski definition) is 2. The molecular weight excluding hydrogens is 271 g/mol. The first-order valence-electron chi connectivity index (χ1n) is 9.06. The van der Waals surface area contributed by atoms with Crippen LogP contribution in [0.1, 0.15) is 103 Å². The third kappa shape index (κ3) is 20.0. The van der Waals surface area contributed by atoms with Crippen LogP contribution in [-0.4, -0.2) is 41.1 Å². The van der Waals surface area contributed by atoms with Crippen molar-refractivity contribution in [1.82, 2.24) is 0 Å². The zero-order chi connectivity index (χ0) is 15.8. The Morgan fingerprint density at radius 3 is 1.64 bits per heavy atom. The van der Waals surface area contributed by atoms with Crippen molar-refractivity contribution in [3.8, 4) is 0 Å². The van der Waals surface area contributed by atoms with E-state index in [9.17, 15) is 9.90 Å². The van der Waals surface area contributed by atoms with Crippen molar-refractivity contribution in [1.29, 1.82) is 0 Å². The van der Waals surface area contributed by atoms with E-state index in [0.717, 1.165) is 38.5 Å². The van der Waals surface area contributed by atoms with Crippen molar-refractivity contribution in [3.63, 3.8) is 0 Å². The predicted molar refractivity (Wildman–Crippen MR) is 95.7 cm³/mol. The van der Waals surface area contributed by atoms with E-state index in [1.165, 1.54) is 51.4 Å². The van der Waals surface area contributed by atoms with Crippen molar-refractivity contribution in [2.75, 3.05) is 0 Å². The second-order valence-corrected chi connectivity index (χ2v) is 6.26. The molecule has 22 heavy (non-hydrogen) atoms. The molecule has 128 valence electrons. The first-order valence-corrected chi connectivity index (χ1v) is 9.06. The molecule has 4 heteroatoms. The van der Waals surface area contributed by atoms with Crippen LogP contribution in [0.25, 0.3) is 0 Å². The first-order chi connectivity index (χ1) is 10.2. The zero-order valence-corrected chi connectivity index (χ0v) is 14.0. The van der Waals surface area contributed by atoms with Crippen LogP contribution in [0.15, 0.2) is 0 Å². The Hall–Kier alpha value is 0.0274. The quantitative estimate of drug-likeness (QED) is 0.322. The molecule has 0 fully saturated rings. The number of carbonyl (C=O) groups is 1. The Morgan fingerprint density at radius 1 is 0.773 bits per heavy atom. The maximum atomic E-state index is 10.3. The molecule has 0 unspecified atom stereocenters. The van der Waals surface area contributed by atoms with Crippen LogP contribution < -0.4 is 0 Å². The number of hydrogen-bond acceptors (Lipinski definition) is 2. The first kappa shape index (κ1) is 24.3. The molecule has 0 aliphatic rings. The Morgan fingerprint density at radius 2 is 1.18 bits per heavy atom. The maximum absolute atomic E-state index is 10.3. The van der Waals surface area contributed by atoms with E-state index in [4.69, 9.17) is 5.11 Å². The van der Waals surface area contributed by atoms with Gasteiger partial charge in [-0.3, -0.25) is 4.79 Å². The van der Waals surface area contributed by atoms with Crippen LogP contribution in [0.4, 0.5) is 0 Å². The molecule has 0 saturated carbocycles. The molecule has 0 heterocycles. The molecule has 3 nitrogen and oxygen atoms in total. The Balaban J connectivity index is 0. The molecule has 0 aliphatic heterocycles. The van der Waals surface area contributed by atoms with Gasteiger partial charge in [0.15, 0.2) is 0 Å². The van der Waals surface area contributed by atoms with Crippen molar-refractivity contribution in [2.45, 2.75) is 109 Å². The van der Waals surface area contributed by atoms with Gasteiger partial charge >= 0.3 is 24.8 Å². The van der Waals surface area contributed by atoms with Crippen LogP contribution in [0.2, 0.25) is 0 Å². The van der Waals surface area contributed by atoms with Gasteiger partial charge in [0.1, 0.15) is 0 Å². The molecule has 0 aromatic rings. The number of aliphatic carboxylic acids is 1. The van der Waals surface area contributed by atoms with E-state index in [0.29, 0.717) is 6.42 Å². The van der Waals surface area contributed by atoms with Gasteiger partial charge < -0.3 is 10.2 Å². The summed E-state index contributed by atoms with van der Waals surface area (Å²) in [5, 5.41) is 18.4. The van der Waals surface area contributed by atoms with Crippen LogP contribution in [-0.2, 0) is 4.79 Å². The number of carboxylic acids is 1. The third-order valence-corrected chi connectivity index (χ3v) is 4.07. The topological polar surface area (TPSA) is 57.5 Å². The fraction of sp³-hybridized carbons (Fsp3) is 0.944. The fourth-order valence-electron chi connectivity index (χ4n) is 2.67. The van der Waals surface area contributed by atoms with Gasteiger partial charge in [0, 0.05) is 6.42 Å². The number of aliphatic hydroxyl groups excluding tert-OH is 1. The zero-order valence-electron chi connectivity index (χ0n) is 14.0. The summed E-state index contributed by atoms with van der Waals surface area (Å²) in [5.74, 6) is -0.687. The van der Waals surface area contributed by atoms with E-state index >= 15 is 0 Å². The van der Waals surface area contributed by atoms with Gasteiger partial charge in [0.2, 0.25) is 0 Å². The summed E-state index contributed by atoms with van der Waals surface area (Å²) >= 11 is 0. The van der Waals surface area contributed by atoms with Crippen molar-refractivity contribution in [2.24, 2.45) is 0 Å². The van der Waals surface area contributed by atoms with Crippen molar-refractivity contribution < 1.29 is 15.0 Å². The Bertz CT molecular complexity index is 234. The van der Waals surface area contributed by atoms with E-state index in [1.807, 2.05) is 0 Å². The van der Waals surface area contributed by atoms with Crippen LogP contribution in [0.5, 0.6) is 0 Å². The summed E-state index contributed by atoms with van der Waals surface area (Å²) in [6.07, 6.45) is 16.2. The molecular formula is C18H37LiO3. The van der Waals surface area contributed by atoms with Crippen LogP contribution in [0.3, 0.4) is 0 Å². The molecule has 0 spiro atoms. The summed E-state index contributed by atoms with van der Waals surface area (Å²) in [7, 11) is 0. The summed E-state index contributed by atoms with van der Waals surface area (Å²) in [4.78, 5) is 10.3. The third-order valence-electron chi connectivity index (χ3n) is 4.07. The molecule has 0 amide bonds. The van der Waals surface area contributed by atoms with Crippen LogP contribution in [0, 0.1) is 0 Å². The van der Waals surface area contributed by atoms with Gasteiger partial charge in [-0.15, -0.1) is 0 Å². The summed E-state index contributed by atoms with van der Waals surface area (Å²) < 4.78 is 0. The molecule has 0 radical (unpaired) electrons. The van der Waals surface area contributed by atoms with Gasteiger partial charge in [-0.25, -0.2) is 0 Å². The van der Waals surface area contributed by atoms with Crippen LogP contribution >= 0.6 is 0 Å². The average molecular weight is 308 g/mol. The summed E-state index contributed by atoms with van der Waals surface area (Å²) in [6.45, 7) is 2.23. The van der Waals surface area contributed by atoms with Gasteiger partial charge in [-0.2, -0.15) is 0 Å². The number of carboxylic acid groups (broad SMARTS) is 1. The standard InChI is InChI=1S/C18H36O3.Li.H/c1-2-3-4-5-8-11-14-17(19)15-12-9-6-7-10-13-16-18(20)21;;/h17,19H,2-16H2,1H3,(H,20,21);;/t17-;;/m1../s1. The molecule has 0 bridgehead atoms. The summed E-state index contributed by atoms with van der Waals surface area (Å²) in [5.41, 5.74) is 0. The minimum atomic E-state index is -0.687. The molecule has 0 aromatic carbocycles. The van der Waals surface area contributed by atoms with Crippen molar-refractivity contribution >= 4 is 24.8 Å². The molecule has 0 rings (SSSR count). The van der Waals surface area contributed by atoms with Gasteiger partial charge in [0.05, 0.1) is 6.10 Å². The number of aliphatic hydroxyl groups is 1. The SMILES string of the molecule is CCCCCCCC[C@@H](O)CCCCCCCCC(=O)O.[LiH]. The van der Waals surface area contributed by atoms with E-state index in [2.05, 4.69) is 6.92 Å². The molecule has 1 atom stereocenters. The fourth-order valence-corrected chi connectivity index (χ4v) is 2.67. The average Bonchev–Trinajstić information content (AvgIpc) is 2.45. The monoisotopic (exact) mass is 308 g/mol. The molecule has 0 saturated heterocycles. The van der Waals surface area contributed by atoms with E-state index in [1.54, 1.807) is 0 Å². The molecule has 0 aromatic heterocycles. The van der Waals surface area contributed by atoms with Gasteiger partial charge in [0.25, 0.3) is 0 Å². The summed E-state index contributed by atoms with van der Waals surface area (Å²) in [6, 6.07) is 0. The van der Waals surface area contributed by atoms with E-state index < -0.39 is 5.97 Å². The Kier molecular flexibility index (Phi) is 21.1. The normalized spacial score (nSPS) is 11.9. The minimum absolute atomic E-state index is 0. The molecule has 0 aliphatic carbocycles. The predicted octanol–water partition coefficient (Wildman–Crippen LogP) is 4.65. The van der Waals surface area contributed by atoms with Gasteiger partial charge in [-0.05, 0) is 19.3 Å². The van der Waals surface area contributed by atoms with E-state index in [-0.39, 0.29) is 25.0 Å². The van der Waals surface area contributed by atoms with Crippen molar-refractivity contribution in [3.05, 3.63) is 0 Å². The molecule has 2 N–H and O–H groups in total. The number of unbranched alkanes of at least 4 members (excludes halogenated alkanes) is 10. The second kappa shape index (κ2) is 19.1. The number of rotatable bonds is 16. The second-order valence-electron chi connectivity index (χ2n) is 6.26. The Labute approximate surface area is 149 Å².